The quantitative estimate of drug-likeness (QED) is 0.582. The van der Waals surface area contributed by atoms with Gasteiger partial charge < -0.3 is 10.3 Å². The summed E-state index contributed by atoms with van der Waals surface area (Å²) in [5.74, 6) is 7.25. The van der Waals surface area contributed by atoms with Crippen LogP contribution in [0.4, 0.5) is 5.69 Å². The Hall–Kier alpha value is -1.27. The molecule has 2 heterocycles. The summed E-state index contributed by atoms with van der Waals surface area (Å²) in [4.78, 5) is 17.9. The van der Waals surface area contributed by atoms with Crippen molar-refractivity contribution in [2.75, 3.05) is 30.0 Å². The van der Waals surface area contributed by atoms with E-state index < -0.39 is 0 Å². The molecule has 1 fully saturated rings. The molecule has 1 aromatic heterocycles. The number of nitrogens with one attached hydrogen (secondary N) is 1. The lowest BCUT2D eigenvalue weighted by Crippen LogP contribution is -2.38. The van der Waals surface area contributed by atoms with Gasteiger partial charge in [-0.15, -0.1) is 0 Å². The Morgan fingerprint density at radius 2 is 2.19 bits per heavy atom. The summed E-state index contributed by atoms with van der Waals surface area (Å²) in [7, 11) is 0. The van der Waals surface area contributed by atoms with E-state index >= 15 is 0 Å². The van der Waals surface area contributed by atoms with Crippen molar-refractivity contribution in [2.45, 2.75) is 0 Å². The van der Waals surface area contributed by atoms with Crippen LogP contribution in [0.3, 0.4) is 0 Å². The molecule has 5 nitrogen and oxygen atoms in total. The second kappa shape index (κ2) is 5.18. The highest BCUT2D eigenvalue weighted by Gasteiger charge is 2.18. The minimum absolute atomic E-state index is 0.00358. The number of aromatic nitrogens is 1. The maximum atomic E-state index is 12.0. The van der Waals surface area contributed by atoms with E-state index in [2.05, 4.69) is 10.4 Å². The number of nitrogen functional groups attached to an aromatic ring is 1. The second-order valence-electron chi connectivity index (χ2n) is 3.48. The van der Waals surface area contributed by atoms with Crippen LogP contribution in [0.5, 0.6) is 0 Å². The monoisotopic (exact) mass is 238 g/mol. The van der Waals surface area contributed by atoms with Gasteiger partial charge in [0.1, 0.15) is 5.69 Å². The van der Waals surface area contributed by atoms with Crippen LogP contribution < -0.4 is 11.3 Å². The summed E-state index contributed by atoms with van der Waals surface area (Å²) in [5, 5.41) is 0. The fraction of sp³-hybridized carbons (Fsp3) is 0.400. The molecule has 1 saturated heterocycles. The number of hydrogen-bond acceptors (Lipinski definition) is 5. The van der Waals surface area contributed by atoms with Crippen LogP contribution in [-0.2, 0) is 0 Å². The first kappa shape index (κ1) is 11.2. The van der Waals surface area contributed by atoms with Crippen LogP contribution in [0.2, 0.25) is 0 Å². The van der Waals surface area contributed by atoms with E-state index in [0.717, 1.165) is 24.6 Å². The van der Waals surface area contributed by atoms with Gasteiger partial charge in [0.2, 0.25) is 0 Å². The molecule has 3 N–H and O–H groups in total. The van der Waals surface area contributed by atoms with E-state index in [9.17, 15) is 4.79 Å². The maximum absolute atomic E-state index is 12.0. The zero-order valence-electron chi connectivity index (χ0n) is 8.85. The first-order valence-electron chi connectivity index (χ1n) is 5.11. The lowest BCUT2D eigenvalue weighted by atomic mass is 10.3. The Morgan fingerprint density at radius 1 is 1.44 bits per heavy atom. The van der Waals surface area contributed by atoms with Crippen molar-refractivity contribution in [1.29, 1.82) is 0 Å². The average Bonchev–Trinajstić information content (AvgIpc) is 2.39. The zero-order valence-corrected chi connectivity index (χ0v) is 9.67. The summed E-state index contributed by atoms with van der Waals surface area (Å²) < 4.78 is 0. The van der Waals surface area contributed by atoms with Crippen LogP contribution in [-0.4, -0.2) is 40.4 Å². The van der Waals surface area contributed by atoms with Gasteiger partial charge in [0.15, 0.2) is 0 Å². The highest BCUT2D eigenvalue weighted by molar-refractivity contribution is 7.99. The van der Waals surface area contributed by atoms with Crippen molar-refractivity contribution in [3.05, 3.63) is 24.0 Å². The Balaban J connectivity index is 2.07. The van der Waals surface area contributed by atoms with Crippen LogP contribution in [0.1, 0.15) is 10.5 Å². The van der Waals surface area contributed by atoms with Crippen molar-refractivity contribution in [3.63, 3.8) is 0 Å². The Kier molecular flexibility index (Phi) is 3.63. The van der Waals surface area contributed by atoms with Crippen molar-refractivity contribution < 1.29 is 4.79 Å². The molecule has 2 rings (SSSR count). The highest BCUT2D eigenvalue weighted by atomic mass is 32.2. The lowest BCUT2D eigenvalue weighted by molar-refractivity contribution is 0.0766. The minimum Gasteiger partial charge on any atom is -0.336 e. The molecule has 1 amide bonds. The molecule has 0 aromatic carbocycles. The van der Waals surface area contributed by atoms with E-state index in [1.165, 1.54) is 0 Å². The molecular formula is C10H14N4OS. The van der Waals surface area contributed by atoms with E-state index in [1.54, 1.807) is 18.3 Å². The molecule has 0 radical (unpaired) electrons. The van der Waals surface area contributed by atoms with Crippen molar-refractivity contribution in [2.24, 2.45) is 5.84 Å². The highest BCUT2D eigenvalue weighted by Crippen LogP contribution is 2.12. The van der Waals surface area contributed by atoms with Gasteiger partial charge >= 0.3 is 0 Å². The van der Waals surface area contributed by atoms with Crippen LogP contribution in [0.15, 0.2) is 18.3 Å². The van der Waals surface area contributed by atoms with Crippen LogP contribution in [0, 0.1) is 0 Å². The molecule has 16 heavy (non-hydrogen) atoms. The van der Waals surface area contributed by atoms with Crippen molar-refractivity contribution in [3.8, 4) is 0 Å². The number of hydrazine groups is 1. The maximum Gasteiger partial charge on any atom is 0.272 e. The number of rotatable bonds is 2. The van der Waals surface area contributed by atoms with Gasteiger partial charge in [-0.2, -0.15) is 11.8 Å². The molecule has 0 unspecified atom stereocenters. The molecule has 86 valence electrons. The Bertz CT molecular complexity index is 362. The number of hydrogen-bond donors (Lipinski definition) is 2. The SMILES string of the molecule is NNc1ccc(C(=O)N2CCSCC2)nc1. The topological polar surface area (TPSA) is 71.2 Å². The Labute approximate surface area is 98.4 Å². The molecule has 0 spiro atoms. The van der Waals surface area contributed by atoms with Crippen LogP contribution >= 0.6 is 11.8 Å². The van der Waals surface area contributed by atoms with Gasteiger partial charge in [-0.05, 0) is 12.1 Å². The molecular weight excluding hydrogens is 224 g/mol. The summed E-state index contributed by atoms with van der Waals surface area (Å²) in [6.45, 7) is 1.62. The summed E-state index contributed by atoms with van der Waals surface area (Å²) >= 11 is 1.88. The fourth-order valence-corrected chi connectivity index (χ4v) is 2.44. The van der Waals surface area contributed by atoms with Gasteiger partial charge in [-0.25, -0.2) is 4.98 Å². The fourth-order valence-electron chi connectivity index (χ4n) is 1.53. The van der Waals surface area contributed by atoms with Crippen molar-refractivity contribution in [1.82, 2.24) is 9.88 Å². The van der Waals surface area contributed by atoms with Gasteiger partial charge in [0, 0.05) is 24.6 Å². The molecule has 0 atom stereocenters. The summed E-state index contributed by atoms with van der Waals surface area (Å²) in [6, 6.07) is 3.44. The predicted molar refractivity (Wildman–Crippen MR) is 65.3 cm³/mol. The van der Waals surface area contributed by atoms with Gasteiger partial charge in [-0.1, -0.05) is 0 Å². The molecule has 0 saturated carbocycles. The summed E-state index contributed by atoms with van der Waals surface area (Å²) in [5.41, 5.74) is 3.66. The molecule has 0 bridgehead atoms. The van der Waals surface area contributed by atoms with Gasteiger partial charge in [0.05, 0.1) is 11.9 Å². The number of anilines is 1. The molecule has 1 aromatic rings. The van der Waals surface area contributed by atoms with E-state index in [4.69, 9.17) is 5.84 Å². The van der Waals surface area contributed by atoms with Crippen LogP contribution in [0.25, 0.3) is 0 Å². The standard InChI is InChI=1S/C10H14N4OS/c11-13-8-1-2-9(12-7-8)10(15)14-3-5-16-6-4-14/h1-2,7,13H,3-6,11H2. The third-order valence-corrected chi connectivity index (χ3v) is 3.39. The first-order chi connectivity index (χ1) is 7.81. The normalized spacial score (nSPS) is 15.9. The lowest BCUT2D eigenvalue weighted by Gasteiger charge is -2.25. The van der Waals surface area contributed by atoms with E-state index in [0.29, 0.717) is 11.4 Å². The minimum atomic E-state index is 0.00358. The predicted octanol–water partition coefficient (Wildman–Crippen LogP) is 0.556. The second-order valence-corrected chi connectivity index (χ2v) is 4.71. The molecule has 0 aliphatic carbocycles. The number of pyridine rings is 1. The number of nitrogens with zero attached hydrogens (tertiary/aromatic N) is 2. The van der Waals surface area contributed by atoms with E-state index in [-0.39, 0.29) is 5.91 Å². The number of carbonyl (C=O) groups is 1. The zero-order chi connectivity index (χ0) is 11.4. The number of amides is 1. The third-order valence-electron chi connectivity index (χ3n) is 2.45. The number of thioether (sulfide) groups is 1. The molecule has 1 aliphatic rings. The van der Waals surface area contributed by atoms with E-state index in [1.807, 2.05) is 16.7 Å². The average molecular weight is 238 g/mol. The van der Waals surface area contributed by atoms with Crippen molar-refractivity contribution >= 4 is 23.4 Å². The summed E-state index contributed by atoms with van der Waals surface area (Å²) in [6.07, 6.45) is 1.56. The number of nitrogens with two attached hydrogens (primary N) is 1. The number of carbonyl (C=O) groups excluding carboxylic acids is 1. The third kappa shape index (κ3) is 2.45. The smallest absolute Gasteiger partial charge is 0.272 e. The largest absolute Gasteiger partial charge is 0.336 e. The van der Waals surface area contributed by atoms with Gasteiger partial charge in [0.25, 0.3) is 5.91 Å². The molecule has 1 aliphatic heterocycles. The van der Waals surface area contributed by atoms with Gasteiger partial charge in [-0.3, -0.25) is 10.6 Å². The Morgan fingerprint density at radius 3 is 2.75 bits per heavy atom. The molecule has 6 heteroatoms. The first-order valence-corrected chi connectivity index (χ1v) is 6.26.